The van der Waals surface area contributed by atoms with E-state index < -0.39 is 0 Å². The molecule has 17 heavy (non-hydrogen) atoms. The third-order valence-corrected chi connectivity index (χ3v) is 3.07. The summed E-state index contributed by atoms with van der Waals surface area (Å²) >= 11 is 0. The van der Waals surface area contributed by atoms with E-state index >= 15 is 0 Å². The van der Waals surface area contributed by atoms with Crippen LogP contribution in [0.15, 0.2) is 18.2 Å². The molecule has 0 atom stereocenters. The van der Waals surface area contributed by atoms with Gasteiger partial charge in [0, 0.05) is 19.5 Å². The van der Waals surface area contributed by atoms with E-state index in [2.05, 4.69) is 35.8 Å². The minimum atomic E-state index is 0.847. The van der Waals surface area contributed by atoms with Gasteiger partial charge in [-0.25, -0.2) is 0 Å². The summed E-state index contributed by atoms with van der Waals surface area (Å²) in [6, 6.07) is 6.57. The first-order chi connectivity index (χ1) is 8.40. The molecule has 2 rings (SSSR count). The van der Waals surface area contributed by atoms with Crippen LogP contribution in [-0.4, -0.2) is 32.8 Å². The minimum Gasteiger partial charge on any atom is -0.493 e. The Bertz CT molecular complexity index is 352. The second-order valence-corrected chi connectivity index (χ2v) is 4.39. The topological polar surface area (TPSA) is 33.3 Å². The SMILES string of the molecule is CCNCCNCCc1ccc2c(c1)CCO2. The molecule has 1 aromatic carbocycles. The zero-order valence-electron chi connectivity index (χ0n) is 10.6. The van der Waals surface area contributed by atoms with Crippen molar-refractivity contribution in [2.75, 3.05) is 32.8 Å². The Kier molecular flexibility index (Phi) is 4.83. The third kappa shape index (κ3) is 3.72. The van der Waals surface area contributed by atoms with E-state index in [0.29, 0.717) is 0 Å². The number of rotatable bonds is 7. The summed E-state index contributed by atoms with van der Waals surface area (Å²) in [6.07, 6.45) is 2.16. The maximum absolute atomic E-state index is 5.50. The standard InChI is InChI=1S/C14H22N2O/c1-2-15-8-9-16-7-5-12-3-4-14-13(11-12)6-10-17-14/h3-4,11,15-16H,2,5-10H2,1H3. The van der Waals surface area contributed by atoms with Crippen molar-refractivity contribution in [2.45, 2.75) is 19.8 Å². The molecule has 1 aliphatic rings. The smallest absolute Gasteiger partial charge is 0.122 e. The van der Waals surface area contributed by atoms with Crippen LogP contribution >= 0.6 is 0 Å². The third-order valence-electron chi connectivity index (χ3n) is 3.07. The van der Waals surface area contributed by atoms with Crippen molar-refractivity contribution in [1.29, 1.82) is 0 Å². The molecule has 1 aliphatic heterocycles. The molecule has 0 radical (unpaired) electrons. The predicted molar refractivity (Wildman–Crippen MR) is 70.8 cm³/mol. The number of hydrogen-bond acceptors (Lipinski definition) is 3. The van der Waals surface area contributed by atoms with Crippen molar-refractivity contribution in [3.05, 3.63) is 29.3 Å². The molecule has 3 heteroatoms. The van der Waals surface area contributed by atoms with E-state index in [4.69, 9.17) is 4.74 Å². The highest BCUT2D eigenvalue weighted by Gasteiger charge is 2.11. The molecule has 0 fully saturated rings. The first kappa shape index (κ1) is 12.4. The van der Waals surface area contributed by atoms with Crippen molar-refractivity contribution in [1.82, 2.24) is 10.6 Å². The van der Waals surface area contributed by atoms with Crippen LogP contribution in [0, 0.1) is 0 Å². The van der Waals surface area contributed by atoms with Crippen molar-refractivity contribution < 1.29 is 4.74 Å². The highest BCUT2D eigenvalue weighted by molar-refractivity contribution is 5.39. The van der Waals surface area contributed by atoms with Gasteiger partial charge in [-0.1, -0.05) is 19.1 Å². The molecule has 0 aliphatic carbocycles. The number of ether oxygens (including phenoxy) is 1. The lowest BCUT2D eigenvalue weighted by atomic mass is 10.1. The Morgan fingerprint density at radius 3 is 2.94 bits per heavy atom. The van der Waals surface area contributed by atoms with E-state index in [0.717, 1.165) is 51.4 Å². The summed E-state index contributed by atoms with van der Waals surface area (Å²) in [6.45, 7) is 7.17. The van der Waals surface area contributed by atoms with Gasteiger partial charge in [-0.3, -0.25) is 0 Å². The van der Waals surface area contributed by atoms with E-state index in [1.54, 1.807) is 0 Å². The quantitative estimate of drug-likeness (QED) is 0.699. The second-order valence-electron chi connectivity index (χ2n) is 4.39. The van der Waals surface area contributed by atoms with E-state index in [1.807, 2.05) is 0 Å². The Morgan fingerprint density at radius 1 is 1.18 bits per heavy atom. The number of likely N-dealkylation sites (N-methyl/N-ethyl adjacent to an activating group) is 1. The van der Waals surface area contributed by atoms with Gasteiger partial charge in [0.05, 0.1) is 6.61 Å². The Morgan fingerprint density at radius 2 is 2.06 bits per heavy atom. The van der Waals surface area contributed by atoms with E-state index in [1.165, 1.54) is 11.1 Å². The molecule has 94 valence electrons. The average molecular weight is 234 g/mol. The van der Waals surface area contributed by atoms with Gasteiger partial charge in [-0.15, -0.1) is 0 Å². The average Bonchev–Trinajstić information content (AvgIpc) is 2.81. The van der Waals surface area contributed by atoms with Crippen LogP contribution in [-0.2, 0) is 12.8 Å². The molecule has 0 spiro atoms. The van der Waals surface area contributed by atoms with Gasteiger partial charge in [0.2, 0.25) is 0 Å². The first-order valence-corrected chi connectivity index (χ1v) is 6.56. The van der Waals surface area contributed by atoms with Crippen molar-refractivity contribution in [3.8, 4) is 5.75 Å². The fourth-order valence-electron chi connectivity index (χ4n) is 2.11. The van der Waals surface area contributed by atoms with Gasteiger partial charge in [0.15, 0.2) is 0 Å². The number of hydrogen-bond donors (Lipinski definition) is 2. The molecular formula is C14H22N2O. The normalized spacial score (nSPS) is 13.5. The summed E-state index contributed by atoms with van der Waals surface area (Å²) in [7, 11) is 0. The van der Waals surface area contributed by atoms with Crippen molar-refractivity contribution in [2.24, 2.45) is 0 Å². The molecule has 1 heterocycles. The Balaban J connectivity index is 1.69. The summed E-state index contributed by atoms with van der Waals surface area (Å²) in [4.78, 5) is 0. The zero-order chi connectivity index (χ0) is 11.9. The van der Waals surface area contributed by atoms with Gasteiger partial charge in [-0.05, 0) is 36.7 Å². The molecular weight excluding hydrogens is 212 g/mol. The number of fused-ring (bicyclic) bond motifs is 1. The molecule has 0 saturated carbocycles. The summed E-state index contributed by atoms with van der Waals surface area (Å²) in [5, 5.41) is 6.74. The lowest BCUT2D eigenvalue weighted by molar-refractivity contribution is 0.357. The molecule has 0 unspecified atom stereocenters. The van der Waals surface area contributed by atoms with Gasteiger partial charge in [-0.2, -0.15) is 0 Å². The monoisotopic (exact) mass is 234 g/mol. The summed E-state index contributed by atoms with van der Waals surface area (Å²) in [5.41, 5.74) is 2.78. The summed E-state index contributed by atoms with van der Waals surface area (Å²) in [5.74, 6) is 1.08. The van der Waals surface area contributed by atoms with Gasteiger partial charge < -0.3 is 15.4 Å². The Labute approximate surface area is 104 Å². The van der Waals surface area contributed by atoms with Gasteiger partial charge >= 0.3 is 0 Å². The highest BCUT2D eigenvalue weighted by atomic mass is 16.5. The minimum absolute atomic E-state index is 0.847. The fraction of sp³-hybridized carbons (Fsp3) is 0.571. The number of benzene rings is 1. The van der Waals surface area contributed by atoms with Crippen LogP contribution in [0.5, 0.6) is 5.75 Å². The largest absolute Gasteiger partial charge is 0.493 e. The van der Waals surface area contributed by atoms with Crippen molar-refractivity contribution in [3.63, 3.8) is 0 Å². The Hall–Kier alpha value is -1.06. The first-order valence-electron chi connectivity index (χ1n) is 6.56. The molecule has 2 N–H and O–H groups in total. The molecule has 0 saturated heterocycles. The molecule has 3 nitrogen and oxygen atoms in total. The van der Waals surface area contributed by atoms with Crippen LogP contribution in [0.25, 0.3) is 0 Å². The molecule has 0 aromatic heterocycles. The molecule has 0 bridgehead atoms. The maximum Gasteiger partial charge on any atom is 0.122 e. The van der Waals surface area contributed by atoms with Crippen LogP contribution in [0.2, 0.25) is 0 Å². The lowest BCUT2D eigenvalue weighted by Crippen LogP contribution is -2.28. The van der Waals surface area contributed by atoms with E-state index in [-0.39, 0.29) is 0 Å². The zero-order valence-corrected chi connectivity index (χ0v) is 10.6. The van der Waals surface area contributed by atoms with Crippen LogP contribution in [0.3, 0.4) is 0 Å². The van der Waals surface area contributed by atoms with Crippen LogP contribution in [0.4, 0.5) is 0 Å². The lowest BCUT2D eigenvalue weighted by Gasteiger charge is -2.06. The number of nitrogens with one attached hydrogen (secondary N) is 2. The van der Waals surface area contributed by atoms with Crippen LogP contribution in [0.1, 0.15) is 18.1 Å². The fourth-order valence-corrected chi connectivity index (χ4v) is 2.11. The van der Waals surface area contributed by atoms with Gasteiger partial charge in [0.1, 0.15) is 5.75 Å². The second kappa shape index (κ2) is 6.62. The predicted octanol–water partition coefficient (Wildman–Crippen LogP) is 1.36. The molecule has 0 amide bonds. The summed E-state index contributed by atoms with van der Waals surface area (Å²) < 4.78 is 5.50. The highest BCUT2D eigenvalue weighted by Crippen LogP contribution is 2.25. The van der Waals surface area contributed by atoms with Crippen molar-refractivity contribution >= 4 is 0 Å². The van der Waals surface area contributed by atoms with E-state index in [9.17, 15) is 0 Å². The van der Waals surface area contributed by atoms with Gasteiger partial charge in [0.25, 0.3) is 0 Å². The van der Waals surface area contributed by atoms with Crippen LogP contribution < -0.4 is 15.4 Å². The molecule has 1 aromatic rings. The maximum atomic E-state index is 5.50.